The Morgan fingerprint density at radius 3 is 2.50 bits per heavy atom. The van der Waals surface area contributed by atoms with Crippen molar-refractivity contribution < 1.29 is 18.7 Å². The lowest BCUT2D eigenvalue weighted by molar-refractivity contribution is 0.0485. The van der Waals surface area contributed by atoms with Gasteiger partial charge in [0.25, 0.3) is 0 Å². The van der Waals surface area contributed by atoms with Crippen LogP contribution in [0.4, 0.5) is 16.2 Å². The van der Waals surface area contributed by atoms with E-state index in [4.69, 9.17) is 13.9 Å². The Morgan fingerprint density at radius 2 is 1.79 bits per heavy atom. The van der Waals surface area contributed by atoms with Crippen molar-refractivity contribution in [3.8, 4) is 5.75 Å². The van der Waals surface area contributed by atoms with Crippen molar-refractivity contribution in [1.29, 1.82) is 0 Å². The number of amides is 1. The normalized spacial score (nSPS) is 11.1. The third kappa shape index (κ3) is 5.26. The Hall–Kier alpha value is -3.48. The zero-order valence-electron chi connectivity index (χ0n) is 15.9. The maximum atomic E-state index is 12.1. The number of ether oxygens (including phenoxy) is 2. The van der Waals surface area contributed by atoms with Crippen LogP contribution in [0.25, 0.3) is 11.0 Å². The lowest BCUT2D eigenvalue weighted by Gasteiger charge is -2.19. The molecule has 1 aromatic heterocycles. The first kappa shape index (κ1) is 19.3. The fourth-order valence-electron chi connectivity index (χ4n) is 2.43. The highest BCUT2D eigenvalue weighted by atomic mass is 16.6. The van der Waals surface area contributed by atoms with Crippen molar-refractivity contribution in [2.24, 2.45) is 0 Å². The molecule has 0 aliphatic rings. The first-order chi connectivity index (χ1) is 13.3. The summed E-state index contributed by atoms with van der Waals surface area (Å²) >= 11 is 0. The number of benzene rings is 2. The summed E-state index contributed by atoms with van der Waals surface area (Å²) in [6.45, 7) is 5.34. The number of anilines is 2. The summed E-state index contributed by atoms with van der Waals surface area (Å²) in [4.78, 5) is 23.7. The number of alkyl carbamates (subject to hydrolysis) is 1. The third-order valence-corrected chi connectivity index (χ3v) is 3.63. The van der Waals surface area contributed by atoms with E-state index < -0.39 is 17.3 Å². The molecule has 1 amide bonds. The maximum Gasteiger partial charge on any atom is 0.410 e. The highest BCUT2D eigenvalue weighted by molar-refractivity contribution is 5.80. The Morgan fingerprint density at radius 1 is 1.07 bits per heavy atom. The zero-order chi connectivity index (χ0) is 20.1. The molecular formula is C21H22N2O5. The second kappa shape index (κ2) is 8.04. The predicted octanol–water partition coefficient (Wildman–Crippen LogP) is 4.40. The van der Waals surface area contributed by atoms with Crippen molar-refractivity contribution in [2.75, 3.05) is 12.0 Å². The van der Waals surface area contributed by atoms with Gasteiger partial charge in [-0.2, -0.15) is 0 Å². The molecule has 3 aromatic rings. The molecule has 0 saturated heterocycles. The maximum absolute atomic E-state index is 12.1. The fourth-order valence-corrected chi connectivity index (χ4v) is 2.43. The molecule has 0 aliphatic carbocycles. The number of para-hydroxylation sites is 1. The molecule has 7 nitrogen and oxygen atoms in total. The van der Waals surface area contributed by atoms with E-state index in [9.17, 15) is 9.59 Å². The van der Waals surface area contributed by atoms with Crippen LogP contribution in [0.15, 0.2) is 63.8 Å². The van der Waals surface area contributed by atoms with Crippen LogP contribution in [0.5, 0.6) is 5.75 Å². The van der Waals surface area contributed by atoms with Crippen LogP contribution >= 0.6 is 0 Å². The van der Waals surface area contributed by atoms with Gasteiger partial charge in [-0.1, -0.05) is 18.2 Å². The molecule has 0 saturated carbocycles. The fraction of sp³-hybridized carbons (Fsp3) is 0.238. The highest BCUT2D eigenvalue weighted by Crippen LogP contribution is 2.21. The van der Waals surface area contributed by atoms with Crippen molar-refractivity contribution in [2.45, 2.75) is 26.4 Å². The van der Waals surface area contributed by atoms with Gasteiger partial charge in [0.05, 0.1) is 0 Å². The SMILES string of the molecule is CC(C)(C)OC(=O)NCOc1ccc(Nc2cc3ccccc3oc2=O)cc1. The monoisotopic (exact) mass is 382 g/mol. The average molecular weight is 382 g/mol. The molecule has 0 aliphatic heterocycles. The summed E-state index contributed by atoms with van der Waals surface area (Å²) in [7, 11) is 0. The number of hydrogen-bond donors (Lipinski definition) is 2. The lowest BCUT2D eigenvalue weighted by atomic mass is 10.2. The van der Waals surface area contributed by atoms with E-state index in [1.807, 2.05) is 18.2 Å². The minimum Gasteiger partial charge on any atom is -0.473 e. The molecule has 0 atom stereocenters. The molecule has 0 radical (unpaired) electrons. The van der Waals surface area contributed by atoms with Gasteiger partial charge in [-0.3, -0.25) is 5.32 Å². The van der Waals surface area contributed by atoms with E-state index in [2.05, 4.69) is 10.6 Å². The molecule has 3 rings (SSSR count). The molecule has 1 heterocycles. The van der Waals surface area contributed by atoms with Crippen LogP contribution in [-0.4, -0.2) is 18.4 Å². The van der Waals surface area contributed by atoms with Crippen LogP contribution in [0.1, 0.15) is 20.8 Å². The van der Waals surface area contributed by atoms with E-state index in [0.717, 1.165) is 5.39 Å². The minimum atomic E-state index is -0.563. The van der Waals surface area contributed by atoms with Gasteiger partial charge in [0, 0.05) is 11.1 Å². The average Bonchev–Trinajstić information content (AvgIpc) is 2.62. The Balaban J connectivity index is 1.58. The summed E-state index contributed by atoms with van der Waals surface area (Å²) in [6, 6.07) is 16.0. The van der Waals surface area contributed by atoms with E-state index in [1.54, 1.807) is 57.2 Å². The largest absolute Gasteiger partial charge is 0.473 e. The van der Waals surface area contributed by atoms with E-state index in [0.29, 0.717) is 22.7 Å². The second-order valence-electron chi connectivity index (χ2n) is 7.10. The highest BCUT2D eigenvalue weighted by Gasteiger charge is 2.15. The Kier molecular flexibility index (Phi) is 5.54. The summed E-state index contributed by atoms with van der Waals surface area (Å²) < 4.78 is 15.9. The number of fused-ring (bicyclic) bond motifs is 1. The Bertz CT molecular complexity index is 1020. The van der Waals surface area contributed by atoms with Crippen LogP contribution in [-0.2, 0) is 4.74 Å². The van der Waals surface area contributed by atoms with E-state index in [-0.39, 0.29) is 6.73 Å². The van der Waals surface area contributed by atoms with Crippen molar-refractivity contribution in [1.82, 2.24) is 5.32 Å². The smallest absolute Gasteiger partial charge is 0.410 e. The predicted molar refractivity (Wildman–Crippen MR) is 107 cm³/mol. The summed E-state index contributed by atoms with van der Waals surface area (Å²) in [6.07, 6.45) is -0.547. The summed E-state index contributed by atoms with van der Waals surface area (Å²) in [5.41, 5.74) is 0.584. The molecule has 0 bridgehead atoms. The minimum absolute atomic E-state index is 0.0179. The molecular weight excluding hydrogens is 360 g/mol. The molecule has 28 heavy (non-hydrogen) atoms. The van der Waals surface area contributed by atoms with Crippen LogP contribution in [0, 0.1) is 0 Å². The molecule has 7 heteroatoms. The second-order valence-corrected chi connectivity index (χ2v) is 7.10. The van der Waals surface area contributed by atoms with Gasteiger partial charge >= 0.3 is 11.7 Å². The molecule has 0 fully saturated rings. The number of carbonyl (C=O) groups excluding carboxylic acids is 1. The quantitative estimate of drug-likeness (QED) is 0.502. The number of rotatable bonds is 5. The van der Waals surface area contributed by atoms with Crippen molar-refractivity contribution in [3.63, 3.8) is 0 Å². The summed E-state index contributed by atoms with van der Waals surface area (Å²) in [5.74, 6) is 0.562. The molecule has 146 valence electrons. The van der Waals surface area contributed by atoms with Gasteiger partial charge in [0.1, 0.15) is 22.6 Å². The van der Waals surface area contributed by atoms with Gasteiger partial charge < -0.3 is 19.2 Å². The topological polar surface area (TPSA) is 89.8 Å². The van der Waals surface area contributed by atoms with E-state index >= 15 is 0 Å². The van der Waals surface area contributed by atoms with Crippen LogP contribution in [0.3, 0.4) is 0 Å². The zero-order valence-corrected chi connectivity index (χ0v) is 15.9. The number of carbonyl (C=O) groups is 1. The molecule has 2 aromatic carbocycles. The first-order valence-electron chi connectivity index (χ1n) is 8.80. The third-order valence-electron chi connectivity index (χ3n) is 3.63. The van der Waals surface area contributed by atoms with Gasteiger partial charge in [-0.15, -0.1) is 0 Å². The number of nitrogens with one attached hydrogen (secondary N) is 2. The Labute approximate surface area is 162 Å². The van der Waals surface area contributed by atoms with Crippen molar-refractivity contribution >= 4 is 28.4 Å². The van der Waals surface area contributed by atoms with Crippen molar-refractivity contribution in [3.05, 3.63) is 65.0 Å². The molecule has 0 spiro atoms. The first-order valence-corrected chi connectivity index (χ1v) is 8.80. The van der Waals surface area contributed by atoms with Gasteiger partial charge in [-0.05, 0) is 57.2 Å². The van der Waals surface area contributed by atoms with E-state index in [1.165, 1.54) is 0 Å². The van der Waals surface area contributed by atoms with Gasteiger partial charge in [0.15, 0.2) is 6.73 Å². The summed E-state index contributed by atoms with van der Waals surface area (Å²) in [5, 5.41) is 6.39. The lowest BCUT2D eigenvalue weighted by Crippen LogP contribution is -2.34. The van der Waals surface area contributed by atoms with Gasteiger partial charge in [0.2, 0.25) is 0 Å². The van der Waals surface area contributed by atoms with Crippen LogP contribution in [0.2, 0.25) is 0 Å². The standard InChI is InChI=1S/C21H22N2O5/c1-21(2,3)28-20(25)22-13-26-16-10-8-15(9-11-16)23-17-12-14-6-4-5-7-18(14)27-19(17)24/h4-12,23H,13H2,1-3H3,(H,22,25). The van der Waals surface area contributed by atoms with Gasteiger partial charge in [-0.25, -0.2) is 9.59 Å². The molecule has 0 unspecified atom stereocenters. The molecule has 2 N–H and O–H groups in total. The number of hydrogen-bond acceptors (Lipinski definition) is 6. The van der Waals surface area contributed by atoms with Crippen LogP contribution < -0.4 is 21.0 Å².